The van der Waals surface area contributed by atoms with Crippen LogP contribution in [0.4, 0.5) is 0 Å². The van der Waals surface area contributed by atoms with Crippen molar-refractivity contribution in [3.63, 3.8) is 0 Å². The van der Waals surface area contributed by atoms with Gasteiger partial charge in [0, 0.05) is 0 Å². The Balaban J connectivity index is 2.58. The molecule has 0 amide bonds. The molecule has 0 spiro atoms. The van der Waals surface area contributed by atoms with Crippen LogP contribution in [-0.4, -0.2) is 35.7 Å². The van der Waals surface area contributed by atoms with Gasteiger partial charge in [-0.2, -0.15) is 0 Å². The quantitative estimate of drug-likeness (QED) is 0.227. The third-order valence-electron chi connectivity index (χ3n) is 4.19. The zero-order valence-corrected chi connectivity index (χ0v) is 17.8. The van der Waals surface area contributed by atoms with Gasteiger partial charge in [0.1, 0.15) is 18.5 Å². The Morgan fingerprint density at radius 2 is 1.82 bits per heavy atom. The highest BCUT2D eigenvalue weighted by Crippen LogP contribution is 2.19. The number of rotatable bonds is 13. The minimum atomic E-state index is -1.13. The van der Waals surface area contributed by atoms with Crippen molar-refractivity contribution in [2.75, 3.05) is 6.79 Å². The van der Waals surface area contributed by atoms with Crippen LogP contribution in [0.15, 0.2) is 42.5 Å². The van der Waals surface area contributed by atoms with Gasteiger partial charge in [0.05, 0.1) is 18.3 Å². The minimum Gasteiger partial charge on any atom is -0.457 e. The first-order chi connectivity index (χ1) is 13.2. The summed E-state index contributed by atoms with van der Waals surface area (Å²) >= 11 is 0. The molecule has 0 aliphatic rings. The third kappa shape index (κ3) is 10.0. The van der Waals surface area contributed by atoms with Gasteiger partial charge in [-0.25, -0.2) is 4.79 Å². The number of aliphatic hydroxyl groups is 1. The maximum atomic E-state index is 12.2. The Hall–Kier alpha value is -1.69. The van der Waals surface area contributed by atoms with E-state index in [0.29, 0.717) is 13.0 Å². The van der Waals surface area contributed by atoms with Gasteiger partial charge in [0.15, 0.2) is 0 Å². The van der Waals surface area contributed by atoms with E-state index < -0.39 is 23.8 Å². The molecule has 2 atom stereocenters. The molecule has 0 aliphatic carbocycles. The molecular formula is C23H36O5. The van der Waals surface area contributed by atoms with Crippen molar-refractivity contribution in [2.24, 2.45) is 0 Å². The molecule has 0 heterocycles. The number of ether oxygens (including phenoxy) is 3. The lowest BCUT2D eigenvalue weighted by atomic mass is 10.00. The topological polar surface area (TPSA) is 65.0 Å². The standard InChI is InChI=1S/C23H36O5/c1-6-7-8-12-15-20(21(24)18(2)22(25)28-23(3,4)5)27-17-26-16-19-13-10-9-11-14-19/h9-11,13-14,20-21,24H,2,6-8,12,15-17H2,1,3-5H3. The van der Waals surface area contributed by atoms with E-state index in [-0.39, 0.29) is 12.4 Å². The van der Waals surface area contributed by atoms with Gasteiger partial charge in [-0.05, 0) is 32.8 Å². The highest BCUT2D eigenvalue weighted by molar-refractivity contribution is 5.89. The van der Waals surface area contributed by atoms with Gasteiger partial charge < -0.3 is 19.3 Å². The SMILES string of the molecule is C=C(C(=O)OC(C)(C)C)C(O)C(CCCCCC)OCOCc1ccccc1. The molecule has 28 heavy (non-hydrogen) atoms. The molecule has 1 aromatic rings. The van der Waals surface area contributed by atoms with Crippen molar-refractivity contribution in [1.82, 2.24) is 0 Å². The molecule has 158 valence electrons. The minimum absolute atomic E-state index is 0.0125. The molecule has 0 saturated heterocycles. The average Bonchev–Trinajstić information content (AvgIpc) is 2.65. The van der Waals surface area contributed by atoms with E-state index in [9.17, 15) is 9.90 Å². The van der Waals surface area contributed by atoms with Gasteiger partial charge in [-0.1, -0.05) is 69.5 Å². The van der Waals surface area contributed by atoms with Crippen LogP contribution >= 0.6 is 0 Å². The van der Waals surface area contributed by atoms with Gasteiger partial charge in [-0.15, -0.1) is 0 Å². The van der Waals surface area contributed by atoms with E-state index >= 15 is 0 Å². The van der Waals surface area contributed by atoms with Crippen LogP contribution in [0.3, 0.4) is 0 Å². The van der Waals surface area contributed by atoms with Crippen LogP contribution in [0.25, 0.3) is 0 Å². The summed E-state index contributed by atoms with van der Waals surface area (Å²) in [6.07, 6.45) is 3.13. The summed E-state index contributed by atoms with van der Waals surface area (Å²) in [6.45, 7) is 11.7. The maximum absolute atomic E-state index is 12.2. The van der Waals surface area contributed by atoms with Crippen molar-refractivity contribution >= 4 is 5.97 Å². The lowest BCUT2D eigenvalue weighted by molar-refractivity contribution is -0.155. The van der Waals surface area contributed by atoms with Crippen LogP contribution < -0.4 is 0 Å². The van der Waals surface area contributed by atoms with Crippen molar-refractivity contribution in [2.45, 2.75) is 84.2 Å². The third-order valence-corrected chi connectivity index (χ3v) is 4.19. The predicted octanol–water partition coefficient (Wildman–Crippen LogP) is 4.78. The molecule has 0 fully saturated rings. The monoisotopic (exact) mass is 392 g/mol. The van der Waals surface area contributed by atoms with Gasteiger partial charge in [0.25, 0.3) is 0 Å². The molecule has 0 aliphatic heterocycles. The number of unbranched alkanes of at least 4 members (excludes halogenated alkanes) is 3. The second kappa shape index (κ2) is 12.7. The van der Waals surface area contributed by atoms with E-state index in [4.69, 9.17) is 14.2 Å². The lowest BCUT2D eigenvalue weighted by Gasteiger charge is -2.26. The number of carbonyl (C=O) groups is 1. The fourth-order valence-corrected chi connectivity index (χ4v) is 2.66. The van der Waals surface area contributed by atoms with Gasteiger partial charge in [-0.3, -0.25) is 0 Å². The number of aliphatic hydroxyl groups excluding tert-OH is 1. The molecule has 1 rings (SSSR count). The van der Waals surface area contributed by atoms with Gasteiger partial charge in [0.2, 0.25) is 0 Å². The summed E-state index contributed by atoms with van der Waals surface area (Å²) < 4.78 is 16.6. The Bertz CT molecular complexity index is 576. The lowest BCUT2D eigenvalue weighted by Crippen LogP contribution is -2.36. The molecule has 0 aromatic heterocycles. The number of benzene rings is 1. The van der Waals surface area contributed by atoms with E-state index in [2.05, 4.69) is 13.5 Å². The molecule has 1 N–H and O–H groups in total. The maximum Gasteiger partial charge on any atom is 0.336 e. The highest BCUT2D eigenvalue weighted by atomic mass is 16.7. The fourth-order valence-electron chi connectivity index (χ4n) is 2.66. The first kappa shape index (κ1) is 24.3. The van der Waals surface area contributed by atoms with E-state index in [1.165, 1.54) is 0 Å². The zero-order valence-electron chi connectivity index (χ0n) is 17.8. The van der Waals surface area contributed by atoms with Crippen LogP contribution in [-0.2, 0) is 25.6 Å². The second-order valence-corrected chi connectivity index (χ2v) is 7.98. The summed E-state index contributed by atoms with van der Waals surface area (Å²) in [5.41, 5.74) is 0.415. The van der Waals surface area contributed by atoms with E-state index in [1.54, 1.807) is 20.8 Å². The molecule has 0 saturated carbocycles. The van der Waals surface area contributed by atoms with E-state index in [0.717, 1.165) is 31.2 Å². The molecule has 1 aromatic carbocycles. The Labute approximate surface area is 169 Å². The van der Waals surface area contributed by atoms with Crippen LogP contribution in [0.1, 0.15) is 65.4 Å². The first-order valence-corrected chi connectivity index (χ1v) is 10.1. The Morgan fingerprint density at radius 3 is 2.43 bits per heavy atom. The number of carbonyl (C=O) groups excluding carboxylic acids is 1. The summed E-state index contributed by atoms with van der Waals surface area (Å²) in [5.74, 6) is -0.604. The van der Waals surface area contributed by atoms with Crippen molar-refractivity contribution in [1.29, 1.82) is 0 Å². The zero-order chi connectivity index (χ0) is 21.0. The summed E-state index contributed by atoms with van der Waals surface area (Å²) in [7, 11) is 0. The fraction of sp³-hybridized carbons (Fsp3) is 0.609. The van der Waals surface area contributed by atoms with Crippen LogP contribution in [0, 0.1) is 0 Å². The number of hydrogen-bond donors (Lipinski definition) is 1. The molecule has 5 heteroatoms. The van der Waals surface area contributed by atoms with Crippen molar-refractivity contribution in [3.8, 4) is 0 Å². The van der Waals surface area contributed by atoms with Crippen LogP contribution in [0.2, 0.25) is 0 Å². The number of esters is 1. The Morgan fingerprint density at radius 1 is 1.14 bits per heavy atom. The van der Waals surface area contributed by atoms with Crippen molar-refractivity contribution < 1.29 is 24.1 Å². The highest BCUT2D eigenvalue weighted by Gasteiger charge is 2.29. The largest absolute Gasteiger partial charge is 0.457 e. The summed E-state index contributed by atoms with van der Waals surface area (Å²) in [4.78, 5) is 12.2. The average molecular weight is 393 g/mol. The Kier molecular flexibility index (Phi) is 11.0. The van der Waals surface area contributed by atoms with Crippen molar-refractivity contribution in [3.05, 3.63) is 48.0 Å². The molecule has 0 bridgehead atoms. The molecule has 5 nitrogen and oxygen atoms in total. The smallest absolute Gasteiger partial charge is 0.336 e. The first-order valence-electron chi connectivity index (χ1n) is 10.1. The molecule has 0 radical (unpaired) electrons. The molecular weight excluding hydrogens is 356 g/mol. The normalized spacial score (nSPS) is 13.8. The predicted molar refractivity (Wildman–Crippen MR) is 111 cm³/mol. The van der Waals surface area contributed by atoms with Gasteiger partial charge >= 0.3 is 5.97 Å². The second-order valence-electron chi connectivity index (χ2n) is 7.98. The van der Waals surface area contributed by atoms with E-state index in [1.807, 2.05) is 30.3 Å². The number of hydrogen-bond acceptors (Lipinski definition) is 5. The van der Waals surface area contributed by atoms with Crippen LogP contribution in [0.5, 0.6) is 0 Å². The summed E-state index contributed by atoms with van der Waals surface area (Å²) in [6, 6.07) is 9.79. The summed E-state index contributed by atoms with van der Waals surface area (Å²) in [5, 5.41) is 10.6. The molecule has 2 unspecified atom stereocenters.